The van der Waals surface area contributed by atoms with E-state index in [1.165, 1.54) is 0 Å². The van der Waals surface area contributed by atoms with E-state index in [2.05, 4.69) is 33.1 Å². The maximum Gasteiger partial charge on any atom is 0.221 e. The van der Waals surface area contributed by atoms with Gasteiger partial charge in [0.05, 0.1) is 5.56 Å². The molecule has 76 valence electrons. The topological polar surface area (TPSA) is 58.9 Å². The fourth-order valence-corrected chi connectivity index (χ4v) is 1.89. The number of hydrogen-bond donors (Lipinski definition) is 2. The van der Waals surface area contributed by atoms with Crippen molar-refractivity contribution in [2.45, 2.75) is 0 Å². The van der Waals surface area contributed by atoms with Crippen molar-refractivity contribution < 1.29 is 4.79 Å². The van der Waals surface area contributed by atoms with Crippen LogP contribution in [-0.4, -0.2) is 15.8 Å². The summed E-state index contributed by atoms with van der Waals surface area (Å²) in [5, 5.41) is 0.830. The molecule has 0 saturated heterocycles. The molecule has 1 aromatic heterocycles. The van der Waals surface area contributed by atoms with E-state index >= 15 is 0 Å². The molecule has 0 unspecified atom stereocenters. The van der Waals surface area contributed by atoms with Crippen LogP contribution in [-0.2, 0) is 0 Å². The zero-order valence-corrected chi connectivity index (χ0v) is 9.98. The van der Waals surface area contributed by atoms with Crippen molar-refractivity contribution in [3.05, 3.63) is 34.4 Å². The van der Waals surface area contributed by atoms with Crippen molar-refractivity contribution in [1.29, 1.82) is 0 Å². The van der Waals surface area contributed by atoms with Crippen LogP contribution in [0.1, 0.15) is 10.4 Å². The van der Waals surface area contributed by atoms with Gasteiger partial charge in [-0.25, -0.2) is 0 Å². The first-order chi connectivity index (χ1) is 7.09. The number of rotatable bonds is 2. The van der Waals surface area contributed by atoms with Gasteiger partial charge in [0.2, 0.25) is 5.78 Å². The normalized spacial score (nSPS) is 10.5. The van der Waals surface area contributed by atoms with Crippen molar-refractivity contribution in [1.82, 2.24) is 4.98 Å². The Balaban J connectivity index is 2.64. The Kier molecular flexibility index (Phi) is 2.58. The zero-order valence-electron chi connectivity index (χ0n) is 7.58. The third kappa shape index (κ3) is 1.80. The summed E-state index contributed by atoms with van der Waals surface area (Å²) in [5.74, 6) is -0.307. The van der Waals surface area contributed by atoms with Crippen LogP contribution in [0, 0.1) is 0 Å². The van der Waals surface area contributed by atoms with Gasteiger partial charge in [0, 0.05) is 21.6 Å². The van der Waals surface area contributed by atoms with Crippen LogP contribution in [0.4, 0.5) is 0 Å². The molecule has 5 heteroatoms. The van der Waals surface area contributed by atoms with Crippen LogP contribution < -0.4 is 5.73 Å². The highest BCUT2D eigenvalue weighted by atomic mass is 79.9. The fourth-order valence-electron chi connectivity index (χ4n) is 1.42. The number of halogens is 1. The van der Waals surface area contributed by atoms with Gasteiger partial charge >= 0.3 is 0 Å². The van der Waals surface area contributed by atoms with Gasteiger partial charge in [-0.1, -0.05) is 34.2 Å². The molecule has 2 aromatic rings. The number of nitrogens with one attached hydrogen (secondary N) is 1. The Labute approximate surface area is 99.8 Å². The van der Waals surface area contributed by atoms with Gasteiger partial charge in [0.1, 0.15) is 4.99 Å². The van der Waals surface area contributed by atoms with Crippen LogP contribution in [0.2, 0.25) is 0 Å². The molecule has 1 aromatic carbocycles. The van der Waals surface area contributed by atoms with E-state index in [-0.39, 0.29) is 10.8 Å². The summed E-state index contributed by atoms with van der Waals surface area (Å²) in [4.78, 5) is 14.5. The van der Waals surface area contributed by atoms with Crippen LogP contribution >= 0.6 is 28.1 Å². The molecule has 3 nitrogen and oxygen atoms in total. The molecule has 0 aliphatic heterocycles. The van der Waals surface area contributed by atoms with E-state index in [1.807, 2.05) is 18.2 Å². The van der Waals surface area contributed by atoms with E-state index < -0.39 is 0 Å². The molecule has 0 saturated carbocycles. The highest BCUT2D eigenvalue weighted by Crippen LogP contribution is 2.22. The highest BCUT2D eigenvalue weighted by molar-refractivity contribution is 9.10. The molecule has 1 heterocycles. The van der Waals surface area contributed by atoms with E-state index in [4.69, 9.17) is 5.73 Å². The monoisotopic (exact) mass is 282 g/mol. The minimum atomic E-state index is -0.307. The van der Waals surface area contributed by atoms with Crippen LogP contribution in [0.25, 0.3) is 10.9 Å². The lowest BCUT2D eigenvalue weighted by Crippen LogP contribution is -2.20. The first kappa shape index (κ1) is 10.3. The molecule has 0 spiro atoms. The van der Waals surface area contributed by atoms with Crippen molar-refractivity contribution >= 4 is 49.8 Å². The Morgan fingerprint density at radius 3 is 2.87 bits per heavy atom. The number of aromatic amines is 1. The molecule has 0 fully saturated rings. The summed E-state index contributed by atoms with van der Waals surface area (Å²) in [7, 11) is 0. The number of thiocarbonyl (C=S) groups is 1. The SMILES string of the molecule is NC(=S)C(=O)c1c[nH]c2cc(Br)ccc12. The predicted molar refractivity (Wildman–Crippen MR) is 67.1 cm³/mol. The first-order valence-electron chi connectivity index (χ1n) is 4.20. The third-order valence-electron chi connectivity index (χ3n) is 2.11. The molecular formula is C10H7BrN2OS. The number of Topliss-reactive ketones (excluding diaryl/α,β-unsaturated/α-hetero) is 1. The molecule has 15 heavy (non-hydrogen) atoms. The maximum absolute atomic E-state index is 11.6. The summed E-state index contributed by atoms with van der Waals surface area (Å²) in [6.07, 6.45) is 1.62. The second-order valence-electron chi connectivity index (χ2n) is 3.09. The van der Waals surface area contributed by atoms with Gasteiger partial charge < -0.3 is 10.7 Å². The molecule has 0 radical (unpaired) electrons. The lowest BCUT2D eigenvalue weighted by molar-refractivity contribution is 0.106. The van der Waals surface area contributed by atoms with Gasteiger partial charge in [-0.2, -0.15) is 0 Å². The van der Waals surface area contributed by atoms with Crippen molar-refractivity contribution in [3.8, 4) is 0 Å². The summed E-state index contributed by atoms with van der Waals surface area (Å²) >= 11 is 8.01. The van der Waals surface area contributed by atoms with Gasteiger partial charge in [0.25, 0.3) is 0 Å². The predicted octanol–water partition coefficient (Wildman–Crippen LogP) is 2.40. The average Bonchev–Trinajstić information content (AvgIpc) is 2.59. The minimum Gasteiger partial charge on any atom is -0.387 e. The molecular weight excluding hydrogens is 276 g/mol. The van der Waals surface area contributed by atoms with Gasteiger partial charge in [0.15, 0.2) is 0 Å². The summed E-state index contributed by atoms with van der Waals surface area (Å²) in [6.45, 7) is 0. The number of benzene rings is 1. The largest absolute Gasteiger partial charge is 0.387 e. The van der Waals surface area contributed by atoms with Gasteiger partial charge in [-0.15, -0.1) is 0 Å². The molecule has 3 N–H and O–H groups in total. The number of aromatic nitrogens is 1. The Bertz CT molecular complexity index is 562. The number of carbonyl (C=O) groups excluding carboxylic acids is 1. The molecule has 0 amide bonds. The number of carbonyl (C=O) groups is 1. The van der Waals surface area contributed by atoms with Crippen molar-refractivity contribution in [3.63, 3.8) is 0 Å². The van der Waals surface area contributed by atoms with Crippen molar-refractivity contribution in [2.24, 2.45) is 5.73 Å². The zero-order chi connectivity index (χ0) is 11.0. The van der Waals surface area contributed by atoms with Crippen LogP contribution in [0.3, 0.4) is 0 Å². The molecule has 0 aliphatic carbocycles. The average molecular weight is 283 g/mol. The third-order valence-corrected chi connectivity index (χ3v) is 2.79. The number of H-pyrrole nitrogens is 1. The molecule has 0 bridgehead atoms. The van der Waals surface area contributed by atoms with E-state index in [1.54, 1.807) is 6.20 Å². The molecule has 0 aliphatic rings. The minimum absolute atomic E-state index is 0.112. The summed E-state index contributed by atoms with van der Waals surface area (Å²) in [5.41, 5.74) is 6.70. The quantitative estimate of drug-likeness (QED) is 0.657. The van der Waals surface area contributed by atoms with E-state index in [9.17, 15) is 4.79 Å². The molecule has 0 atom stereocenters. The van der Waals surface area contributed by atoms with Crippen LogP contribution in [0.5, 0.6) is 0 Å². The number of fused-ring (bicyclic) bond motifs is 1. The lowest BCUT2D eigenvalue weighted by atomic mass is 10.1. The number of nitrogens with two attached hydrogens (primary N) is 1. The van der Waals surface area contributed by atoms with Gasteiger partial charge in [-0.05, 0) is 12.1 Å². The second-order valence-corrected chi connectivity index (χ2v) is 4.44. The van der Waals surface area contributed by atoms with E-state index in [0.717, 1.165) is 15.4 Å². The maximum atomic E-state index is 11.6. The summed E-state index contributed by atoms with van der Waals surface area (Å²) in [6, 6.07) is 5.61. The van der Waals surface area contributed by atoms with Crippen LogP contribution in [0.15, 0.2) is 28.9 Å². The molecule has 2 rings (SSSR count). The summed E-state index contributed by atoms with van der Waals surface area (Å²) < 4.78 is 0.950. The Morgan fingerprint density at radius 2 is 2.20 bits per heavy atom. The van der Waals surface area contributed by atoms with E-state index in [0.29, 0.717) is 5.56 Å². The Hall–Kier alpha value is -1.20. The fraction of sp³-hybridized carbons (Fsp3) is 0. The highest BCUT2D eigenvalue weighted by Gasteiger charge is 2.13. The van der Waals surface area contributed by atoms with Gasteiger partial charge in [-0.3, -0.25) is 4.79 Å². The second kappa shape index (κ2) is 3.75. The number of hydrogen-bond acceptors (Lipinski definition) is 2. The Morgan fingerprint density at radius 1 is 1.47 bits per heavy atom. The number of ketones is 1. The standard InChI is InChI=1S/C10H7BrN2OS/c11-5-1-2-6-7(9(14)10(12)15)4-13-8(6)3-5/h1-4,13H,(H2,12,15). The smallest absolute Gasteiger partial charge is 0.221 e. The first-order valence-corrected chi connectivity index (χ1v) is 5.40. The van der Waals surface area contributed by atoms with Crippen molar-refractivity contribution in [2.75, 3.05) is 0 Å². The lowest BCUT2D eigenvalue weighted by Gasteiger charge is -1.96.